The maximum absolute atomic E-state index is 6.19. The highest BCUT2D eigenvalue weighted by Gasteiger charge is 2.50. The van der Waals surface area contributed by atoms with Gasteiger partial charge in [-0.3, -0.25) is 0 Å². The molecule has 0 atom stereocenters. The van der Waals surface area contributed by atoms with Gasteiger partial charge in [0.25, 0.3) is 0 Å². The maximum Gasteiger partial charge on any atom is 0.222 e. The summed E-state index contributed by atoms with van der Waals surface area (Å²) in [7, 11) is 1.76. The van der Waals surface area contributed by atoms with Gasteiger partial charge in [0, 0.05) is 29.6 Å². The van der Waals surface area contributed by atoms with Crippen molar-refractivity contribution in [1.82, 2.24) is 19.9 Å². The number of fused-ring (bicyclic) bond motifs is 3. The third kappa shape index (κ3) is 4.58. The van der Waals surface area contributed by atoms with Crippen molar-refractivity contribution in [2.45, 2.75) is 76.9 Å². The number of para-hydroxylation sites is 1. The second-order valence-corrected chi connectivity index (χ2v) is 12.7. The molecular weight excluding hydrogens is 496 g/mol. The van der Waals surface area contributed by atoms with Crippen LogP contribution >= 0.6 is 0 Å². The molecule has 0 amide bonds. The molecular formula is C33H42N6O. The molecule has 4 aliphatic rings. The van der Waals surface area contributed by atoms with Crippen molar-refractivity contribution >= 4 is 33.7 Å². The van der Waals surface area contributed by atoms with Crippen LogP contribution in [0, 0.1) is 17.8 Å². The number of aromatic nitrogens is 3. The van der Waals surface area contributed by atoms with Gasteiger partial charge in [-0.2, -0.15) is 4.98 Å². The van der Waals surface area contributed by atoms with Crippen molar-refractivity contribution < 1.29 is 4.74 Å². The summed E-state index contributed by atoms with van der Waals surface area (Å²) in [4.78, 5) is 9.34. The Bertz CT molecular complexity index is 1510. The topological polar surface area (TPSA) is 90.0 Å². The number of benzene rings is 2. The highest BCUT2D eigenvalue weighted by atomic mass is 16.5. The zero-order valence-electron chi connectivity index (χ0n) is 23.9. The van der Waals surface area contributed by atoms with Gasteiger partial charge in [0.15, 0.2) is 5.82 Å². The minimum Gasteiger partial charge on any atom is -0.496 e. The van der Waals surface area contributed by atoms with E-state index in [4.69, 9.17) is 15.5 Å². The second kappa shape index (κ2) is 10.3. The average molecular weight is 539 g/mol. The molecule has 8 rings (SSSR count). The molecule has 4 N–H and O–H groups in total. The van der Waals surface area contributed by atoms with E-state index in [9.17, 15) is 0 Å². The Kier molecular flexibility index (Phi) is 6.57. The van der Waals surface area contributed by atoms with Crippen molar-refractivity contribution in [2.24, 2.45) is 17.8 Å². The molecule has 4 bridgehead atoms. The molecule has 7 nitrogen and oxygen atoms in total. The Morgan fingerprint density at radius 1 is 1.02 bits per heavy atom. The average Bonchev–Trinajstić information content (AvgIpc) is 3.25. The fraction of sp³-hybridized carbons (Fsp3) is 0.515. The minimum absolute atomic E-state index is 0.296. The van der Waals surface area contributed by atoms with Crippen molar-refractivity contribution in [1.29, 1.82) is 0 Å². The van der Waals surface area contributed by atoms with E-state index in [1.165, 1.54) is 44.1 Å². The molecule has 4 aromatic rings. The molecule has 2 aromatic carbocycles. The number of methoxy groups -OCH3 is 1. The van der Waals surface area contributed by atoms with Gasteiger partial charge in [-0.25, -0.2) is 4.98 Å². The predicted molar refractivity (Wildman–Crippen MR) is 163 cm³/mol. The van der Waals surface area contributed by atoms with Gasteiger partial charge in [-0.1, -0.05) is 37.6 Å². The summed E-state index contributed by atoms with van der Waals surface area (Å²) in [6.07, 6.45) is 10.7. The van der Waals surface area contributed by atoms with Crippen molar-refractivity contribution in [2.75, 3.05) is 24.7 Å². The Labute approximate surface area is 236 Å². The van der Waals surface area contributed by atoms with Crippen LogP contribution in [0.5, 0.6) is 5.75 Å². The van der Waals surface area contributed by atoms with Crippen LogP contribution in [0.4, 0.5) is 11.8 Å². The molecule has 4 fully saturated rings. The van der Waals surface area contributed by atoms with Crippen LogP contribution in [0.3, 0.4) is 0 Å². The number of nitrogens with zero attached hydrogens (tertiary/aromatic N) is 3. The molecule has 2 heterocycles. The van der Waals surface area contributed by atoms with Gasteiger partial charge in [-0.05, 0) is 86.5 Å². The highest BCUT2D eigenvalue weighted by Crippen LogP contribution is 2.55. The number of rotatable bonds is 10. The van der Waals surface area contributed by atoms with E-state index in [1.807, 2.05) is 0 Å². The summed E-state index contributed by atoms with van der Waals surface area (Å²) in [5.41, 5.74) is 12.0. The first-order valence-electron chi connectivity index (χ1n) is 15.2. The lowest BCUT2D eigenvalue weighted by Crippen LogP contribution is -2.58. The van der Waals surface area contributed by atoms with Crippen LogP contribution in [0.2, 0.25) is 0 Å². The molecule has 210 valence electrons. The van der Waals surface area contributed by atoms with E-state index in [1.54, 1.807) is 7.11 Å². The highest BCUT2D eigenvalue weighted by molar-refractivity contribution is 6.09. The molecule has 2 aromatic heterocycles. The molecule has 0 saturated heterocycles. The summed E-state index contributed by atoms with van der Waals surface area (Å²) in [5.74, 6) is 4.82. The van der Waals surface area contributed by atoms with Crippen molar-refractivity contribution in [3.63, 3.8) is 0 Å². The molecule has 4 saturated carbocycles. The van der Waals surface area contributed by atoms with Gasteiger partial charge >= 0.3 is 0 Å². The first kappa shape index (κ1) is 25.6. The fourth-order valence-corrected chi connectivity index (χ4v) is 8.47. The molecule has 7 heteroatoms. The molecule has 0 unspecified atom stereocenters. The molecule has 0 radical (unpaired) electrons. The normalized spacial score (nSPS) is 25.2. The van der Waals surface area contributed by atoms with Crippen LogP contribution in [-0.2, 0) is 13.1 Å². The van der Waals surface area contributed by atoms with Crippen LogP contribution in [0.1, 0.15) is 69.4 Å². The Morgan fingerprint density at radius 3 is 2.50 bits per heavy atom. The van der Waals surface area contributed by atoms with Crippen LogP contribution in [0.25, 0.3) is 21.9 Å². The third-order valence-corrected chi connectivity index (χ3v) is 9.82. The zero-order valence-corrected chi connectivity index (χ0v) is 23.9. The summed E-state index contributed by atoms with van der Waals surface area (Å²) in [5, 5.41) is 8.71. The summed E-state index contributed by atoms with van der Waals surface area (Å²) in [6.45, 7) is 4.60. The van der Waals surface area contributed by atoms with Gasteiger partial charge in [0.1, 0.15) is 16.8 Å². The second-order valence-electron chi connectivity index (χ2n) is 12.7. The lowest BCUT2D eigenvalue weighted by molar-refractivity contribution is -0.0206. The first-order chi connectivity index (χ1) is 19.5. The molecule has 0 spiro atoms. The Morgan fingerprint density at radius 2 is 1.77 bits per heavy atom. The van der Waals surface area contributed by atoms with Gasteiger partial charge in [0.05, 0.1) is 19.2 Å². The van der Waals surface area contributed by atoms with Gasteiger partial charge < -0.3 is 25.7 Å². The number of hydrogen-bond donors (Lipinski definition) is 3. The fourth-order valence-electron chi connectivity index (χ4n) is 8.47. The van der Waals surface area contributed by atoms with Gasteiger partial charge in [-0.15, -0.1) is 0 Å². The van der Waals surface area contributed by atoms with E-state index < -0.39 is 0 Å². The van der Waals surface area contributed by atoms with E-state index in [0.717, 1.165) is 82.8 Å². The minimum atomic E-state index is 0.296. The molecule has 40 heavy (non-hydrogen) atoms. The third-order valence-electron chi connectivity index (χ3n) is 9.82. The zero-order chi connectivity index (χ0) is 27.3. The Hall–Kier alpha value is -3.32. The lowest BCUT2D eigenvalue weighted by Gasteiger charge is -2.57. The molecule has 0 aliphatic heterocycles. The first-order valence-corrected chi connectivity index (χ1v) is 15.2. The number of unbranched alkanes of at least 4 members (excludes halogenated alkanes) is 1. The van der Waals surface area contributed by atoms with E-state index >= 15 is 0 Å². The molecule has 4 aliphatic carbocycles. The summed E-state index contributed by atoms with van der Waals surface area (Å²) in [6, 6.07) is 15.1. The number of anilines is 2. The van der Waals surface area contributed by atoms with Crippen molar-refractivity contribution in [3.8, 4) is 5.75 Å². The standard InChI is InChI=1S/C33H42N6O/c1-3-4-11-35-31-30-29(37-32(34)38-31)26-7-5-6-8-27(26)39(30)20-25-15-21(9-10-28(25)40-2)19-36-33-16-22-12-23(17-33)14-24(13-22)18-33/h5-10,15,22-24,36H,3-4,11-14,16-20H2,1-2H3,(H3,34,35,37,38). The van der Waals surface area contributed by atoms with Crippen LogP contribution in [0.15, 0.2) is 42.5 Å². The van der Waals surface area contributed by atoms with Crippen LogP contribution in [-0.4, -0.2) is 33.7 Å². The van der Waals surface area contributed by atoms with E-state index in [2.05, 4.69) is 69.6 Å². The number of hydrogen-bond acceptors (Lipinski definition) is 6. The maximum atomic E-state index is 6.19. The number of nitrogen functional groups attached to an aromatic ring is 1. The quantitative estimate of drug-likeness (QED) is 0.200. The summed E-state index contributed by atoms with van der Waals surface area (Å²) >= 11 is 0. The SMILES string of the molecule is CCCCNc1nc(N)nc2c3ccccc3n(Cc3cc(CNC45CC6CC(CC(C6)C4)C5)ccc3OC)c12. The smallest absolute Gasteiger partial charge is 0.222 e. The van der Waals surface area contributed by atoms with Crippen molar-refractivity contribution in [3.05, 3.63) is 53.6 Å². The van der Waals surface area contributed by atoms with E-state index in [-0.39, 0.29) is 0 Å². The predicted octanol–water partition coefficient (Wildman–Crippen LogP) is 6.49. The largest absolute Gasteiger partial charge is 0.496 e. The number of ether oxygens (including phenoxy) is 1. The van der Waals surface area contributed by atoms with Gasteiger partial charge in [0.2, 0.25) is 5.95 Å². The Balaban J connectivity index is 1.23. The number of nitrogens with one attached hydrogen (secondary N) is 2. The number of nitrogens with two attached hydrogens (primary N) is 1. The monoisotopic (exact) mass is 538 g/mol. The van der Waals surface area contributed by atoms with Crippen LogP contribution < -0.4 is 21.1 Å². The van der Waals surface area contributed by atoms with E-state index in [0.29, 0.717) is 18.0 Å². The lowest BCUT2D eigenvalue weighted by atomic mass is 9.53. The summed E-state index contributed by atoms with van der Waals surface area (Å²) < 4.78 is 8.21.